The second kappa shape index (κ2) is 18.0. The van der Waals surface area contributed by atoms with Crippen LogP contribution in [-0.4, -0.2) is 105 Å². The van der Waals surface area contributed by atoms with E-state index in [1.807, 2.05) is 5.32 Å². The molecule has 5 amide bonds. The Bertz CT molecular complexity index is 934. The molecule has 0 aliphatic carbocycles. The average molecular weight is 593 g/mol. The predicted octanol–water partition coefficient (Wildman–Crippen LogP) is -2.91. The van der Waals surface area contributed by atoms with E-state index in [0.29, 0.717) is 6.42 Å². The number of aliphatic carboxylic acids is 2. The fourth-order valence-electron chi connectivity index (χ4n) is 3.06. The van der Waals surface area contributed by atoms with Crippen LogP contribution >= 0.6 is 11.8 Å². The number of aliphatic hydroxyl groups is 1. The monoisotopic (exact) mass is 592 g/mol. The van der Waals surface area contributed by atoms with E-state index >= 15 is 0 Å². The van der Waals surface area contributed by atoms with Crippen molar-refractivity contribution in [3.63, 3.8) is 0 Å². The highest BCUT2D eigenvalue weighted by Crippen LogP contribution is 2.10. The first-order valence-corrected chi connectivity index (χ1v) is 13.6. The summed E-state index contributed by atoms with van der Waals surface area (Å²) >= 11 is 1.20. The van der Waals surface area contributed by atoms with E-state index in [9.17, 15) is 38.7 Å². The van der Waals surface area contributed by atoms with Gasteiger partial charge in [0, 0.05) is 12.7 Å². The average Bonchev–Trinajstić information content (AvgIpc) is 2.85. The molecule has 0 rings (SSSR count). The van der Waals surface area contributed by atoms with Crippen molar-refractivity contribution in [3.8, 4) is 0 Å². The summed E-state index contributed by atoms with van der Waals surface area (Å²) in [6.45, 7) is 7.20. The van der Waals surface area contributed by atoms with Crippen molar-refractivity contribution in [2.45, 2.75) is 83.8 Å². The maximum atomic E-state index is 13.1. The second-order valence-corrected chi connectivity index (χ2v) is 10.2. The summed E-state index contributed by atoms with van der Waals surface area (Å²) in [4.78, 5) is 83.8. The molecule has 0 bridgehead atoms. The molecule has 7 atom stereocenters. The van der Waals surface area contributed by atoms with Gasteiger partial charge in [-0.05, 0) is 19.8 Å². The molecule has 0 spiro atoms. The number of nitrogens with two attached hydrogens (primary N) is 1. The molecule has 17 heteroatoms. The van der Waals surface area contributed by atoms with Gasteiger partial charge in [-0.15, -0.1) is 11.8 Å². The van der Waals surface area contributed by atoms with Gasteiger partial charge in [0.05, 0.1) is 24.4 Å². The van der Waals surface area contributed by atoms with E-state index in [-0.39, 0.29) is 17.5 Å². The Morgan fingerprint density at radius 3 is 1.85 bits per heavy atom. The van der Waals surface area contributed by atoms with Gasteiger partial charge >= 0.3 is 11.9 Å². The molecule has 0 heterocycles. The molecule has 0 aromatic rings. The fraction of sp³-hybridized carbons (Fsp3) is 0.696. The molecule has 0 aliphatic heterocycles. The minimum atomic E-state index is -1.74. The summed E-state index contributed by atoms with van der Waals surface area (Å²) in [5.41, 5.74) is 5.90. The van der Waals surface area contributed by atoms with Crippen LogP contribution in [0.1, 0.15) is 47.5 Å². The van der Waals surface area contributed by atoms with Gasteiger partial charge < -0.3 is 47.6 Å². The Morgan fingerprint density at radius 2 is 1.38 bits per heavy atom. The molecular weight excluding hydrogens is 552 g/mol. The normalized spacial score (nSPS) is 16.1. The number of carbonyl (C=O) groups is 7. The molecule has 0 aromatic heterocycles. The van der Waals surface area contributed by atoms with E-state index in [4.69, 9.17) is 15.9 Å². The van der Waals surface area contributed by atoms with Crippen molar-refractivity contribution in [3.05, 3.63) is 0 Å². The first kappa shape index (κ1) is 36.6. The highest BCUT2D eigenvalue weighted by Gasteiger charge is 2.34. The minimum absolute atomic E-state index is 0.148. The van der Waals surface area contributed by atoms with Crippen molar-refractivity contribution in [2.75, 3.05) is 11.6 Å². The van der Waals surface area contributed by atoms with E-state index in [1.54, 1.807) is 13.8 Å². The van der Waals surface area contributed by atoms with Gasteiger partial charge in [0.2, 0.25) is 29.5 Å². The highest BCUT2D eigenvalue weighted by molar-refractivity contribution is 7.99. The number of carbonyl (C=O) groups excluding carboxylic acids is 5. The zero-order chi connectivity index (χ0) is 31.2. The summed E-state index contributed by atoms with van der Waals surface area (Å²) in [5, 5.41) is 39.7. The van der Waals surface area contributed by atoms with Crippen molar-refractivity contribution in [1.29, 1.82) is 0 Å². The summed E-state index contributed by atoms with van der Waals surface area (Å²) in [5.74, 6) is -6.76. The van der Waals surface area contributed by atoms with Crippen LogP contribution in [0.5, 0.6) is 0 Å². The van der Waals surface area contributed by atoms with Gasteiger partial charge in [-0.2, -0.15) is 0 Å². The lowest BCUT2D eigenvalue weighted by Crippen LogP contribution is -2.61. The number of thioether (sulfide) groups is 1. The third kappa shape index (κ3) is 13.6. The third-order valence-corrected chi connectivity index (χ3v) is 6.60. The number of nitrogens with one attached hydrogen (secondary N) is 5. The second-order valence-electron chi connectivity index (χ2n) is 9.18. The van der Waals surface area contributed by atoms with Gasteiger partial charge in [-0.25, -0.2) is 4.79 Å². The topological polar surface area (TPSA) is 266 Å². The molecule has 10 N–H and O–H groups in total. The minimum Gasteiger partial charge on any atom is -0.481 e. The maximum absolute atomic E-state index is 13.1. The zero-order valence-corrected chi connectivity index (χ0v) is 23.9. The number of rotatable bonds is 18. The molecule has 0 aliphatic rings. The number of aliphatic hydroxyl groups excluding tert-OH is 1. The molecular formula is C23H40N6O10S. The molecule has 0 saturated heterocycles. The van der Waals surface area contributed by atoms with Gasteiger partial charge in [0.1, 0.15) is 24.2 Å². The lowest BCUT2D eigenvalue weighted by Gasteiger charge is -2.29. The lowest BCUT2D eigenvalue weighted by atomic mass is 9.97. The number of hydrogen-bond donors (Lipinski definition) is 9. The van der Waals surface area contributed by atoms with Gasteiger partial charge in [0.25, 0.3) is 0 Å². The Labute approximate surface area is 235 Å². The fourth-order valence-corrected chi connectivity index (χ4v) is 3.89. The molecule has 0 fully saturated rings. The zero-order valence-electron chi connectivity index (χ0n) is 23.1. The standard InChI is InChI=1S/C23H40N6O10S/c1-6-10(2)17(28-20(35)14(24)8-40-9-25-13(5)31)21(36)29-18(12(4)30)22(37)26-11(3)19(34)27-15(23(38)39)7-16(32)33/h10-12,14-15,17-18,30H,6-9,24H2,1-5H3,(H,25,31)(H,26,37)(H,27,34)(H,28,35)(H,29,36)(H,32,33)(H,38,39)/t10-,11-,12+,14-,15-,17-,18-/m0/s1. The van der Waals surface area contributed by atoms with Gasteiger partial charge in [0.15, 0.2) is 0 Å². The van der Waals surface area contributed by atoms with Crippen LogP contribution in [0.25, 0.3) is 0 Å². The Hall–Kier alpha value is -3.44. The smallest absolute Gasteiger partial charge is 0.326 e. The van der Waals surface area contributed by atoms with E-state index in [0.717, 1.165) is 0 Å². The summed E-state index contributed by atoms with van der Waals surface area (Å²) < 4.78 is 0. The first-order valence-electron chi connectivity index (χ1n) is 12.4. The van der Waals surface area contributed by atoms with Crippen LogP contribution in [0.2, 0.25) is 0 Å². The Kier molecular flexibility index (Phi) is 16.5. The van der Waals surface area contributed by atoms with Crippen LogP contribution < -0.4 is 32.3 Å². The number of hydrogen-bond acceptors (Lipinski definition) is 10. The molecule has 0 saturated carbocycles. The van der Waals surface area contributed by atoms with E-state index in [1.165, 1.54) is 32.5 Å². The number of amides is 5. The van der Waals surface area contributed by atoms with Crippen LogP contribution in [0.3, 0.4) is 0 Å². The van der Waals surface area contributed by atoms with Crippen LogP contribution in [-0.2, 0) is 33.6 Å². The van der Waals surface area contributed by atoms with Gasteiger partial charge in [-0.3, -0.25) is 28.8 Å². The highest BCUT2D eigenvalue weighted by atomic mass is 32.2. The Morgan fingerprint density at radius 1 is 0.825 bits per heavy atom. The predicted molar refractivity (Wildman–Crippen MR) is 144 cm³/mol. The Balaban J connectivity index is 5.37. The number of carboxylic acid groups (broad SMARTS) is 2. The molecule has 228 valence electrons. The maximum Gasteiger partial charge on any atom is 0.326 e. The molecule has 0 radical (unpaired) electrons. The van der Waals surface area contributed by atoms with Crippen molar-refractivity contribution >= 4 is 53.2 Å². The van der Waals surface area contributed by atoms with Crippen LogP contribution in [0.15, 0.2) is 0 Å². The van der Waals surface area contributed by atoms with Crippen molar-refractivity contribution in [2.24, 2.45) is 11.7 Å². The largest absolute Gasteiger partial charge is 0.481 e. The van der Waals surface area contributed by atoms with Crippen molar-refractivity contribution < 1.29 is 48.9 Å². The molecule has 0 unspecified atom stereocenters. The molecule has 16 nitrogen and oxygen atoms in total. The van der Waals surface area contributed by atoms with Crippen molar-refractivity contribution in [1.82, 2.24) is 26.6 Å². The first-order chi connectivity index (χ1) is 18.5. The van der Waals surface area contributed by atoms with E-state index in [2.05, 4.69) is 21.3 Å². The summed E-state index contributed by atoms with van der Waals surface area (Å²) in [7, 11) is 0. The lowest BCUT2D eigenvalue weighted by molar-refractivity contribution is -0.147. The molecule has 0 aromatic carbocycles. The molecule has 40 heavy (non-hydrogen) atoms. The summed E-state index contributed by atoms with van der Waals surface area (Å²) in [6.07, 6.45) is -1.89. The number of carboxylic acids is 2. The quantitative estimate of drug-likeness (QED) is 0.0572. The SMILES string of the molecule is CC[C@H](C)[C@H](NC(=O)[C@@H](N)CSCNC(C)=O)C(=O)N[C@H](C(=O)N[C@@H](C)C(=O)N[C@@H](CC(=O)O)C(=O)O)[C@@H](C)O. The van der Waals surface area contributed by atoms with Crippen LogP contribution in [0.4, 0.5) is 0 Å². The summed E-state index contributed by atoms with van der Waals surface area (Å²) in [6, 6.07) is -6.82. The van der Waals surface area contributed by atoms with Gasteiger partial charge in [-0.1, -0.05) is 20.3 Å². The van der Waals surface area contributed by atoms with Crippen LogP contribution in [0, 0.1) is 5.92 Å². The van der Waals surface area contributed by atoms with E-state index < -0.39 is 84.2 Å². The third-order valence-electron chi connectivity index (χ3n) is 5.66.